The molecule has 3 nitrogen and oxygen atoms in total. The third-order valence-corrected chi connectivity index (χ3v) is 5.52. The first-order chi connectivity index (χ1) is 10.2. The Kier molecular flexibility index (Phi) is 5.97. The summed E-state index contributed by atoms with van der Waals surface area (Å²) >= 11 is 1.91. The van der Waals surface area contributed by atoms with Crippen LogP contribution in [-0.4, -0.2) is 24.1 Å². The third-order valence-electron chi connectivity index (χ3n) is 4.21. The molecule has 1 aliphatic rings. The van der Waals surface area contributed by atoms with Crippen LogP contribution in [0.25, 0.3) is 0 Å². The van der Waals surface area contributed by atoms with E-state index in [-0.39, 0.29) is 6.04 Å². The van der Waals surface area contributed by atoms with Crippen LogP contribution in [0, 0.1) is 5.92 Å². The molecule has 116 valence electrons. The zero-order valence-electron chi connectivity index (χ0n) is 13.4. The van der Waals surface area contributed by atoms with E-state index in [4.69, 9.17) is 4.74 Å². The number of aliphatic imine (C=N–C) groups is 1. The van der Waals surface area contributed by atoms with Crippen LogP contribution in [0.4, 0.5) is 0 Å². The summed E-state index contributed by atoms with van der Waals surface area (Å²) in [5.41, 5.74) is 1.25. The van der Waals surface area contributed by atoms with E-state index >= 15 is 0 Å². The predicted molar refractivity (Wildman–Crippen MR) is 92.3 cm³/mol. The minimum absolute atomic E-state index is 0.266. The van der Waals surface area contributed by atoms with Crippen LogP contribution >= 0.6 is 11.8 Å². The lowest BCUT2D eigenvalue weighted by molar-refractivity contribution is 0.414. The number of benzene rings is 1. The SMILES string of the molecule is CCC(CC)C1CN=C(NC(C)c2ccc(OC)cc2)S1. The molecule has 4 heteroatoms. The van der Waals surface area contributed by atoms with Crippen LogP contribution in [0.1, 0.15) is 45.2 Å². The summed E-state index contributed by atoms with van der Waals surface area (Å²) in [5, 5.41) is 5.27. The largest absolute Gasteiger partial charge is 0.497 e. The Labute approximate surface area is 132 Å². The molecule has 0 spiro atoms. The first-order valence-corrected chi connectivity index (χ1v) is 8.67. The summed E-state index contributed by atoms with van der Waals surface area (Å²) in [6.45, 7) is 7.68. The van der Waals surface area contributed by atoms with Gasteiger partial charge in [0, 0.05) is 5.25 Å². The van der Waals surface area contributed by atoms with Gasteiger partial charge in [0.15, 0.2) is 5.17 Å². The first kappa shape index (κ1) is 16.2. The van der Waals surface area contributed by atoms with Crippen LogP contribution in [0.2, 0.25) is 0 Å². The van der Waals surface area contributed by atoms with Crippen molar-refractivity contribution in [3.63, 3.8) is 0 Å². The van der Waals surface area contributed by atoms with Crippen molar-refractivity contribution in [2.45, 2.75) is 44.9 Å². The number of rotatable bonds is 6. The second kappa shape index (κ2) is 7.74. The highest BCUT2D eigenvalue weighted by atomic mass is 32.2. The summed E-state index contributed by atoms with van der Waals surface area (Å²) in [5.74, 6) is 1.67. The summed E-state index contributed by atoms with van der Waals surface area (Å²) < 4.78 is 5.20. The van der Waals surface area contributed by atoms with E-state index in [0.29, 0.717) is 5.25 Å². The molecule has 2 atom stereocenters. The smallest absolute Gasteiger partial charge is 0.157 e. The van der Waals surface area contributed by atoms with Crippen LogP contribution in [0.3, 0.4) is 0 Å². The molecule has 0 saturated heterocycles. The molecule has 1 heterocycles. The average Bonchev–Trinajstić information content (AvgIpc) is 2.97. The Morgan fingerprint density at radius 1 is 1.29 bits per heavy atom. The Balaban J connectivity index is 1.90. The zero-order valence-corrected chi connectivity index (χ0v) is 14.2. The maximum Gasteiger partial charge on any atom is 0.157 e. The lowest BCUT2D eigenvalue weighted by Crippen LogP contribution is -2.24. The molecule has 2 rings (SSSR count). The summed E-state index contributed by atoms with van der Waals surface area (Å²) in [7, 11) is 1.69. The van der Waals surface area contributed by atoms with Crippen molar-refractivity contribution >= 4 is 16.9 Å². The van der Waals surface area contributed by atoms with Gasteiger partial charge in [-0.2, -0.15) is 0 Å². The lowest BCUT2D eigenvalue weighted by atomic mass is 9.99. The minimum Gasteiger partial charge on any atom is -0.497 e. The number of hydrogen-bond donors (Lipinski definition) is 1. The second-order valence-corrected chi connectivity index (χ2v) is 6.75. The fourth-order valence-electron chi connectivity index (χ4n) is 2.69. The normalized spacial score (nSPS) is 19.5. The molecule has 0 aromatic heterocycles. The summed E-state index contributed by atoms with van der Waals surface area (Å²) in [6.07, 6.45) is 2.48. The van der Waals surface area contributed by atoms with Gasteiger partial charge in [-0.25, -0.2) is 0 Å². The molecule has 0 aliphatic carbocycles. The van der Waals surface area contributed by atoms with Gasteiger partial charge in [0.2, 0.25) is 0 Å². The lowest BCUT2D eigenvalue weighted by Gasteiger charge is -2.20. The third kappa shape index (κ3) is 4.16. The number of nitrogens with zero attached hydrogens (tertiary/aromatic N) is 1. The number of amidine groups is 1. The maximum atomic E-state index is 5.20. The molecule has 0 bridgehead atoms. The molecular weight excluding hydrogens is 280 g/mol. The molecule has 0 amide bonds. The van der Waals surface area contributed by atoms with Crippen LogP contribution in [-0.2, 0) is 0 Å². The highest BCUT2D eigenvalue weighted by Gasteiger charge is 2.26. The van der Waals surface area contributed by atoms with E-state index in [1.165, 1.54) is 18.4 Å². The molecule has 0 radical (unpaired) electrons. The van der Waals surface area contributed by atoms with Crippen molar-refractivity contribution in [2.75, 3.05) is 13.7 Å². The van der Waals surface area contributed by atoms with E-state index in [1.54, 1.807) is 7.11 Å². The molecule has 1 aromatic carbocycles. The molecule has 1 aromatic rings. The number of nitrogens with one attached hydrogen (secondary N) is 1. The fourth-order valence-corrected chi connectivity index (χ4v) is 4.10. The van der Waals surface area contributed by atoms with E-state index in [1.807, 2.05) is 23.9 Å². The van der Waals surface area contributed by atoms with Gasteiger partial charge in [-0.3, -0.25) is 4.99 Å². The minimum atomic E-state index is 0.266. The molecule has 0 fully saturated rings. The number of hydrogen-bond acceptors (Lipinski definition) is 4. The van der Waals surface area contributed by atoms with Gasteiger partial charge in [0.1, 0.15) is 5.75 Å². The van der Waals surface area contributed by atoms with Crippen molar-refractivity contribution in [3.05, 3.63) is 29.8 Å². The first-order valence-electron chi connectivity index (χ1n) is 7.79. The summed E-state index contributed by atoms with van der Waals surface area (Å²) in [6, 6.07) is 8.49. The molecule has 2 unspecified atom stereocenters. The van der Waals surface area contributed by atoms with E-state index in [9.17, 15) is 0 Å². The van der Waals surface area contributed by atoms with Gasteiger partial charge in [-0.05, 0) is 30.5 Å². The van der Waals surface area contributed by atoms with Crippen LogP contribution in [0.15, 0.2) is 29.3 Å². The van der Waals surface area contributed by atoms with Gasteiger partial charge in [0.05, 0.1) is 19.7 Å². The summed E-state index contributed by atoms with van der Waals surface area (Å²) in [4.78, 5) is 4.68. The van der Waals surface area contributed by atoms with Crippen molar-refractivity contribution < 1.29 is 4.74 Å². The van der Waals surface area contributed by atoms with Gasteiger partial charge < -0.3 is 10.1 Å². The molecule has 21 heavy (non-hydrogen) atoms. The van der Waals surface area contributed by atoms with E-state index < -0.39 is 0 Å². The Hall–Kier alpha value is -1.16. The molecule has 1 N–H and O–H groups in total. The van der Waals surface area contributed by atoms with Crippen LogP contribution < -0.4 is 10.1 Å². The maximum absolute atomic E-state index is 5.20. The standard InChI is InChI=1S/C17H26N2OS/c1-5-13(6-2)16-11-18-17(21-16)19-12(3)14-7-9-15(20-4)10-8-14/h7-10,12-13,16H,5-6,11H2,1-4H3,(H,18,19). The Morgan fingerprint density at radius 3 is 2.52 bits per heavy atom. The van der Waals surface area contributed by atoms with Crippen molar-refractivity contribution in [3.8, 4) is 5.75 Å². The topological polar surface area (TPSA) is 33.6 Å². The molecule has 0 saturated carbocycles. The molecule has 1 aliphatic heterocycles. The second-order valence-electron chi connectivity index (χ2n) is 5.52. The zero-order chi connectivity index (χ0) is 15.2. The highest BCUT2D eigenvalue weighted by molar-refractivity contribution is 8.14. The van der Waals surface area contributed by atoms with Crippen molar-refractivity contribution in [2.24, 2.45) is 10.9 Å². The number of thioether (sulfide) groups is 1. The Morgan fingerprint density at radius 2 is 1.95 bits per heavy atom. The Bertz CT molecular complexity index is 468. The number of methoxy groups -OCH3 is 1. The average molecular weight is 306 g/mol. The number of ether oxygens (including phenoxy) is 1. The predicted octanol–water partition coefficient (Wildman–Crippen LogP) is 4.25. The van der Waals surface area contributed by atoms with Gasteiger partial charge >= 0.3 is 0 Å². The van der Waals surface area contributed by atoms with Gasteiger partial charge in [-0.15, -0.1) is 0 Å². The van der Waals surface area contributed by atoms with Gasteiger partial charge in [0.25, 0.3) is 0 Å². The fraction of sp³-hybridized carbons (Fsp3) is 0.588. The van der Waals surface area contributed by atoms with Crippen molar-refractivity contribution in [1.29, 1.82) is 0 Å². The van der Waals surface area contributed by atoms with Gasteiger partial charge in [-0.1, -0.05) is 50.6 Å². The monoisotopic (exact) mass is 306 g/mol. The van der Waals surface area contributed by atoms with E-state index in [0.717, 1.165) is 23.4 Å². The molecular formula is C17H26N2OS. The van der Waals surface area contributed by atoms with Crippen LogP contribution in [0.5, 0.6) is 5.75 Å². The highest BCUT2D eigenvalue weighted by Crippen LogP contribution is 2.31. The quantitative estimate of drug-likeness (QED) is 0.853. The van der Waals surface area contributed by atoms with E-state index in [2.05, 4.69) is 43.2 Å². The van der Waals surface area contributed by atoms with Crippen molar-refractivity contribution in [1.82, 2.24) is 5.32 Å².